The minimum absolute atomic E-state index is 0.175. The van der Waals surface area contributed by atoms with E-state index in [-0.39, 0.29) is 11.9 Å². The van der Waals surface area contributed by atoms with Crippen molar-refractivity contribution in [2.24, 2.45) is 5.73 Å². The van der Waals surface area contributed by atoms with Crippen molar-refractivity contribution in [3.05, 3.63) is 40.2 Å². The molecule has 0 saturated heterocycles. The highest BCUT2D eigenvalue weighted by molar-refractivity contribution is 7.86. The first-order chi connectivity index (χ1) is 11.0. The molecule has 0 unspecified atom stereocenters. The molecule has 130 valence electrons. The van der Waals surface area contributed by atoms with Crippen LogP contribution in [0.5, 0.6) is 0 Å². The van der Waals surface area contributed by atoms with Crippen LogP contribution in [-0.2, 0) is 25.3 Å². The molecule has 0 spiro atoms. The molecule has 0 saturated carbocycles. The average Bonchev–Trinajstić information content (AvgIpc) is 2.44. The monoisotopic (exact) mass is 364 g/mol. The number of carbonyl (C=O) groups excluding carboxylic acids is 1. The first-order valence-corrected chi connectivity index (χ1v) is 7.83. The van der Waals surface area contributed by atoms with Gasteiger partial charge in [-0.1, -0.05) is 0 Å². The Labute approximate surface area is 133 Å². The molecule has 0 aliphatic carbocycles. The minimum Gasteiger partial charge on any atom is -0.370 e. The van der Waals surface area contributed by atoms with E-state index in [2.05, 4.69) is 9.17 Å². The second kappa shape index (κ2) is 6.24. The van der Waals surface area contributed by atoms with Crippen molar-refractivity contribution >= 4 is 26.9 Å². The molecule has 3 N–H and O–H groups in total. The number of halogens is 3. The van der Waals surface area contributed by atoms with Gasteiger partial charge in [0.15, 0.2) is 0 Å². The van der Waals surface area contributed by atoms with Gasteiger partial charge in [-0.3, -0.25) is 13.8 Å². The van der Waals surface area contributed by atoms with Crippen molar-refractivity contribution in [1.82, 2.24) is 4.98 Å². The van der Waals surface area contributed by atoms with Crippen LogP contribution in [0.3, 0.4) is 0 Å². The average molecular weight is 364 g/mol. The predicted molar refractivity (Wildman–Crippen MR) is 76.5 cm³/mol. The summed E-state index contributed by atoms with van der Waals surface area (Å²) in [5.74, 6) is -0.791. The maximum absolute atomic E-state index is 13.0. The highest BCUT2D eigenvalue weighted by Gasteiger charge is 2.33. The van der Waals surface area contributed by atoms with Crippen LogP contribution in [-0.4, -0.2) is 25.9 Å². The molecule has 2 aromatic rings. The number of alkyl halides is 3. The zero-order valence-electron chi connectivity index (χ0n) is 11.9. The molecule has 0 bridgehead atoms. The largest absolute Gasteiger partial charge is 0.417 e. The number of carbonyl (C=O) groups is 1. The van der Waals surface area contributed by atoms with Crippen LogP contribution in [0.15, 0.2) is 34.0 Å². The van der Waals surface area contributed by atoms with E-state index in [1.165, 1.54) is 0 Å². The highest BCUT2D eigenvalue weighted by atomic mass is 32.2. The Balaban J connectivity index is 2.53. The van der Waals surface area contributed by atoms with Crippen molar-refractivity contribution < 1.29 is 30.6 Å². The lowest BCUT2D eigenvalue weighted by atomic mass is 10.1. The van der Waals surface area contributed by atoms with E-state index < -0.39 is 50.2 Å². The molecule has 11 heteroatoms. The number of benzene rings is 1. The Hall–Kier alpha value is -2.40. The Bertz CT molecular complexity index is 950. The summed E-state index contributed by atoms with van der Waals surface area (Å²) in [6.45, 7) is -0.534. The number of nitrogens with two attached hydrogens (primary N) is 1. The van der Waals surface area contributed by atoms with E-state index in [0.717, 1.165) is 18.2 Å². The van der Waals surface area contributed by atoms with Gasteiger partial charge in [0.2, 0.25) is 11.5 Å². The van der Waals surface area contributed by atoms with Gasteiger partial charge in [0.25, 0.3) is 10.1 Å². The Morgan fingerprint density at radius 1 is 1.25 bits per heavy atom. The molecule has 2 rings (SSSR count). The van der Waals surface area contributed by atoms with Gasteiger partial charge >= 0.3 is 6.18 Å². The Morgan fingerprint density at radius 2 is 1.92 bits per heavy atom. The second-order valence-corrected chi connectivity index (χ2v) is 6.36. The van der Waals surface area contributed by atoms with Crippen LogP contribution in [0.2, 0.25) is 0 Å². The van der Waals surface area contributed by atoms with Crippen LogP contribution in [0.4, 0.5) is 13.2 Å². The number of amides is 1. The number of hydrogen-bond donors (Lipinski definition) is 2. The fraction of sp³-hybridized carbons (Fsp3) is 0.231. The fourth-order valence-electron chi connectivity index (χ4n) is 1.94. The topological polar surface area (TPSA) is 119 Å². The molecule has 24 heavy (non-hydrogen) atoms. The minimum atomic E-state index is -4.85. The van der Waals surface area contributed by atoms with Gasteiger partial charge in [0, 0.05) is 17.0 Å². The SMILES string of the molecule is NC(=O)CCOS(=O)(=O)c1ccc2[nH]c(=O)cc(C(F)(F)F)c2c1. The lowest BCUT2D eigenvalue weighted by molar-refractivity contribution is -0.136. The molecule has 0 aliphatic rings. The number of nitrogens with one attached hydrogen (secondary N) is 1. The summed E-state index contributed by atoms with van der Waals surface area (Å²) in [5, 5.41) is -0.498. The van der Waals surface area contributed by atoms with E-state index in [1.54, 1.807) is 0 Å². The fourth-order valence-corrected chi connectivity index (χ4v) is 2.88. The second-order valence-electron chi connectivity index (χ2n) is 4.74. The van der Waals surface area contributed by atoms with Crippen LogP contribution in [0.25, 0.3) is 10.9 Å². The first-order valence-electron chi connectivity index (χ1n) is 6.43. The van der Waals surface area contributed by atoms with E-state index in [4.69, 9.17) is 5.73 Å². The quantitative estimate of drug-likeness (QED) is 0.771. The number of pyridine rings is 1. The molecule has 1 aromatic carbocycles. The van der Waals surface area contributed by atoms with Crippen molar-refractivity contribution in [3.8, 4) is 0 Å². The van der Waals surface area contributed by atoms with Gasteiger partial charge in [0.05, 0.1) is 23.5 Å². The number of hydrogen-bond acceptors (Lipinski definition) is 5. The molecule has 0 radical (unpaired) electrons. The van der Waals surface area contributed by atoms with Gasteiger partial charge in [-0.2, -0.15) is 21.6 Å². The third-order valence-electron chi connectivity index (χ3n) is 3.00. The summed E-state index contributed by atoms with van der Waals surface area (Å²) in [5.41, 5.74) is 2.43. The van der Waals surface area contributed by atoms with E-state index in [1.807, 2.05) is 0 Å². The summed E-state index contributed by atoms with van der Waals surface area (Å²) in [6.07, 6.45) is -5.21. The number of rotatable bonds is 5. The third-order valence-corrected chi connectivity index (χ3v) is 4.30. The standard InChI is InChI=1S/C13H11F3N2O5S/c14-13(15,16)9-6-12(20)18-10-2-1-7(5-8(9)10)24(21,22)23-4-3-11(17)19/h1-2,5-6H,3-4H2,(H2,17,19)(H,18,20). The van der Waals surface area contributed by atoms with Crippen molar-refractivity contribution in [3.63, 3.8) is 0 Å². The number of primary amides is 1. The smallest absolute Gasteiger partial charge is 0.370 e. The molecule has 0 atom stereocenters. The lowest BCUT2D eigenvalue weighted by Gasteiger charge is -2.11. The lowest BCUT2D eigenvalue weighted by Crippen LogP contribution is -2.16. The van der Waals surface area contributed by atoms with Gasteiger partial charge < -0.3 is 10.7 Å². The Kier molecular flexibility index (Phi) is 4.67. The molecule has 1 aromatic heterocycles. The van der Waals surface area contributed by atoms with Gasteiger partial charge in [0.1, 0.15) is 0 Å². The van der Waals surface area contributed by atoms with E-state index in [0.29, 0.717) is 6.07 Å². The molecular weight excluding hydrogens is 353 g/mol. The maximum Gasteiger partial charge on any atom is 0.417 e. The van der Waals surface area contributed by atoms with Crippen LogP contribution in [0.1, 0.15) is 12.0 Å². The molecule has 7 nitrogen and oxygen atoms in total. The first kappa shape index (κ1) is 17.9. The zero-order valence-corrected chi connectivity index (χ0v) is 12.7. The zero-order chi connectivity index (χ0) is 18.1. The van der Waals surface area contributed by atoms with Crippen molar-refractivity contribution in [2.75, 3.05) is 6.61 Å². The van der Waals surface area contributed by atoms with Crippen LogP contribution in [0, 0.1) is 0 Å². The highest BCUT2D eigenvalue weighted by Crippen LogP contribution is 2.34. The summed E-state index contributed by atoms with van der Waals surface area (Å²) < 4.78 is 67.6. The predicted octanol–water partition coefficient (Wildman–Crippen LogP) is 1.13. The number of H-pyrrole nitrogens is 1. The van der Waals surface area contributed by atoms with E-state index in [9.17, 15) is 31.2 Å². The number of fused-ring (bicyclic) bond motifs is 1. The maximum atomic E-state index is 13.0. The van der Waals surface area contributed by atoms with Gasteiger partial charge in [-0.05, 0) is 18.2 Å². The van der Waals surface area contributed by atoms with E-state index >= 15 is 0 Å². The van der Waals surface area contributed by atoms with Crippen molar-refractivity contribution in [1.29, 1.82) is 0 Å². The molecule has 1 amide bonds. The third kappa shape index (κ3) is 3.92. The van der Waals surface area contributed by atoms with Crippen molar-refractivity contribution in [2.45, 2.75) is 17.5 Å². The number of aromatic amines is 1. The van der Waals surface area contributed by atoms with Gasteiger partial charge in [-0.25, -0.2) is 0 Å². The normalized spacial score (nSPS) is 12.5. The number of aromatic nitrogens is 1. The summed E-state index contributed by atoms with van der Waals surface area (Å²) in [7, 11) is -4.39. The molecule has 0 fully saturated rings. The molecule has 0 aliphatic heterocycles. The van der Waals surface area contributed by atoms with Gasteiger partial charge in [-0.15, -0.1) is 0 Å². The molecular formula is C13H11F3N2O5S. The van der Waals surface area contributed by atoms with Crippen LogP contribution < -0.4 is 11.3 Å². The summed E-state index contributed by atoms with van der Waals surface area (Å²) in [4.78, 5) is 23.5. The Morgan fingerprint density at radius 3 is 2.50 bits per heavy atom. The van der Waals surface area contributed by atoms with Crippen LogP contribution >= 0.6 is 0 Å². The molecule has 1 heterocycles. The summed E-state index contributed by atoms with van der Waals surface area (Å²) >= 11 is 0. The summed E-state index contributed by atoms with van der Waals surface area (Å²) in [6, 6.07) is 3.09.